The summed E-state index contributed by atoms with van der Waals surface area (Å²) in [7, 11) is -3.91. The Morgan fingerprint density at radius 1 is 1.33 bits per heavy atom. The summed E-state index contributed by atoms with van der Waals surface area (Å²) >= 11 is 0. The van der Waals surface area contributed by atoms with Gasteiger partial charge in [-0.2, -0.15) is 9.78 Å². The molecule has 0 saturated heterocycles. The van der Waals surface area contributed by atoms with Crippen molar-refractivity contribution in [1.82, 2.24) is 9.78 Å². The Morgan fingerprint density at radius 3 is 2.17 bits per heavy atom. The Morgan fingerprint density at radius 2 is 1.83 bits per heavy atom. The lowest BCUT2D eigenvalue weighted by molar-refractivity contribution is 0.0510. The van der Waals surface area contributed by atoms with Crippen LogP contribution in [0.5, 0.6) is 0 Å². The van der Waals surface area contributed by atoms with Crippen LogP contribution < -0.4 is 5.14 Å². The van der Waals surface area contributed by atoms with Crippen molar-refractivity contribution in [1.29, 1.82) is 0 Å². The fraction of sp³-hybridized carbons (Fsp3) is 0.600. The number of nitrogens with zero attached hydrogens (tertiary/aromatic N) is 2. The second-order valence-electron chi connectivity index (χ2n) is 4.94. The van der Waals surface area contributed by atoms with Gasteiger partial charge in [0.25, 0.3) is 0 Å². The summed E-state index contributed by atoms with van der Waals surface area (Å²) in [5, 5.41) is 8.91. The lowest BCUT2D eigenvalue weighted by Gasteiger charge is -2.19. The van der Waals surface area contributed by atoms with Gasteiger partial charge in [0, 0.05) is 0 Å². The van der Waals surface area contributed by atoms with Gasteiger partial charge in [0.1, 0.15) is 10.5 Å². The van der Waals surface area contributed by atoms with Crippen LogP contribution >= 0.6 is 0 Å². The Kier molecular flexibility index (Phi) is 3.55. The number of sulfonamides is 1. The minimum absolute atomic E-state index is 0.143. The normalized spacial score (nSPS) is 12.6. The van der Waals surface area contributed by atoms with Crippen LogP contribution in [0, 0.1) is 13.8 Å². The average Bonchev–Trinajstić information content (AvgIpc) is 2.37. The molecule has 102 valence electrons. The highest BCUT2D eigenvalue weighted by Gasteiger charge is 2.26. The third kappa shape index (κ3) is 3.08. The highest BCUT2D eigenvalue weighted by molar-refractivity contribution is 7.89. The van der Waals surface area contributed by atoms with Gasteiger partial charge in [-0.1, -0.05) is 0 Å². The molecule has 2 N–H and O–H groups in total. The minimum atomic E-state index is -3.91. The molecular weight excluding hydrogens is 258 g/mol. The van der Waals surface area contributed by atoms with Crippen LogP contribution in [0.1, 0.15) is 32.2 Å². The van der Waals surface area contributed by atoms with E-state index in [-0.39, 0.29) is 16.3 Å². The number of aromatic nitrogens is 2. The largest absolute Gasteiger partial charge is 0.442 e. The first-order chi connectivity index (χ1) is 7.93. The number of nitrogens with two attached hydrogens (primary N) is 1. The highest BCUT2D eigenvalue weighted by Crippen LogP contribution is 2.19. The van der Waals surface area contributed by atoms with Crippen LogP contribution in [-0.4, -0.2) is 29.9 Å². The summed E-state index contributed by atoms with van der Waals surface area (Å²) in [5.41, 5.74) is -0.379. The molecule has 1 aromatic heterocycles. The minimum Gasteiger partial charge on any atom is -0.442 e. The maximum Gasteiger partial charge on any atom is 0.435 e. The molecule has 0 amide bonds. The maximum absolute atomic E-state index is 11.8. The Balaban J connectivity index is 3.27. The average molecular weight is 275 g/mol. The van der Waals surface area contributed by atoms with Crippen LogP contribution in [-0.2, 0) is 14.8 Å². The first-order valence-electron chi connectivity index (χ1n) is 5.26. The fourth-order valence-corrected chi connectivity index (χ4v) is 2.47. The number of primary sulfonamides is 1. The molecule has 0 aliphatic carbocycles. The molecule has 0 aromatic carbocycles. The zero-order valence-electron chi connectivity index (χ0n) is 11.0. The quantitative estimate of drug-likeness (QED) is 0.821. The Hall–Kier alpha value is -1.41. The van der Waals surface area contributed by atoms with E-state index in [9.17, 15) is 13.2 Å². The van der Waals surface area contributed by atoms with Crippen molar-refractivity contribution in [3.63, 3.8) is 0 Å². The van der Waals surface area contributed by atoms with Gasteiger partial charge in [-0.05, 0) is 34.6 Å². The smallest absolute Gasteiger partial charge is 0.435 e. The van der Waals surface area contributed by atoms with Gasteiger partial charge in [0.15, 0.2) is 0 Å². The molecule has 7 nitrogen and oxygen atoms in total. The highest BCUT2D eigenvalue weighted by atomic mass is 32.2. The number of ether oxygens (including phenoxy) is 1. The second kappa shape index (κ2) is 4.36. The van der Waals surface area contributed by atoms with Gasteiger partial charge in [0.2, 0.25) is 10.0 Å². The molecule has 0 aliphatic rings. The van der Waals surface area contributed by atoms with Crippen molar-refractivity contribution in [2.24, 2.45) is 5.14 Å². The van der Waals surface area contributed by atoms with Crippen molar-refractivity contribution in [2.45, 2.75) is 45.1 Å². The molecule has 1 rings (SSSR count). The van der Waals surface area contributed by atoms with Crippen molar-refractivity contribution < 1.29 is 17.9 Å². The Bertz CT molecular complexity index is 581. The van der Waals surface area contributed by atoms with E-state index in [2.05, 4.69) is 5.10 Å². The summed E-state index contributed by atoms with van der Waals surface area (Å²) in [6, 6.07) is 0. The molecule has 1 heterocycles. The summed E-state index contributed by atoms with van der Waals surface area (Å²) < 4.78 is 28.8. The number of carbonyl (C=O) groups is 1. The zero-order chi connectivity index (χ0) is 14.3. The first-order valence-corrected chi connectivity index (χ1v) is 6.80. The van der Waals surface area contributed by atoms with Gasteiger partial charge in [-0.3, -0.25) is 0 Å². The van der Waals surface area contributed by atoms with Gasteiger partial charge in [-0.15, -0.1) is 0 Å². The fourth-order valence-electron chi connectivity index (χ4n) is 1.52. The van der Waals surface area contributed by atoms with Gasteiger partial charge in [-0.25, -0.2) is 18.4 Å². The lowest BCUT2D eigenvalue weighted by atomic mass is 10.2. The van der Waals surface area contributed by atoms with Crippen molar-refractivity contribution in [3.05, 3.63) is 11.4 Å². The van der Waals surface area contributed by atoms with E-state index in [4.69, 9.17) is 9.88 Å². The van der Waals surface area contributed by atoms with E-state index in [1.807, 2.05) is 0 Å². The van der Waals surface area contributed by atoms with Crippen molar-refractivity contribution in [3.8, 4) is 0 Å². The van der Waals surface area contributed by atoms with E-state index in [0.717, 1.165) is 4.68 Å². The van der Waals surface area contributed by atoms with Crippen molar-refractivity contribution >= 4 is 16.1 Å². The topological polar surface area (TPSA) is 104 Å². The molecule has 0 aliphatic heterocycles. The van der Waals surface area contributed by atoms with Crippen molar-refractivity contribution in [2.75, 3.05) is 0 Å². The van der Waals surface area contributed by atoms with E-state index >= 15 is 0 Å². The lowest BCUT2D eigenvalue weighted by Crippen LogP contribution is -2.28. The molecule has 0 saturated carbocycles. The maximum atomic E-state index is 11.8. The first kappa shape index (κ1) is 14.7. The number of rotatable bonds is 1. The Labute approximate surface area is 106 Å². The predicted molar refractivity (Wildman–Crippen MR) is 64.7 cm³/mol. The number of aryl methyl sites for hydroxylation is 1. The van der Waals surface area contributed by atoms with Crippen LogP contribution in [0.2, 0.25) is 0 Å². The van der Waals surface area contributed by atoms with Crippen LogP contribution in [0.25, 0.3) is 0 Å². The third-order valence-corrected chi connectivity index (χ3v) is 3.24. The molecule has 0 unspecified atom stereocenters. The van der Waals surface area contributed by atoms with Gasteiger partial charge >= 0.3 is 6.09 Å². The zero-order valence-corrected chi connectivity index (χ0v) is 11.8. The van der Waals surface area contributed by atoms with Gasteiger partial charge < -0.3 is 4.74 Å². The predicted octanol–water partition coefficient (Wildman–Crippen LogP) is 0.931. The van der Waals surface area contributed by atoms with Crippen LogP contribution in [0.15, 0.2) is 4.90 Å². The molecule has 0 fully saturated rings. The number of carbonyl (C=O) groups excluding carboxylic acids is 1. The summed E-state index contributed by atoms with van der Waals surface area (Å²) in [6.07, 6.45) is -0.738. The summed E-state index contributed by atoms with van der Waals surface area (Å²) in [5.74, 6) is 0. The molecule has 8 heteroatoms. The van der Waals surface area contributed by atoms with Crippen LogP contribution in [0.4, 0.5) is 4.79 Å². The second-order valence-corrected chi connectivity index (χ2v) is 6.44. The van der Waals surface area contributed by atoms with E-state index in [1.54, 1.807) is 20.8 Å². The van der Waals surface area contributed by atoms with E-state index in [1.165, 1.54) is 13.8 Å². The SMILES string of the molecule is Cc1nn(C(=O)OC(C)(C)C)c(C)c1S(N)(=O)=O. The number of hydrogen-bond donors (Lipinski definition) is 1. The molecular formula is C10H17N3O4S. The van der Waals surface area contributed by atoms with Crippen LogP contribution in [0.3, 0.4) is 0 Å². The van der Waals surface area contributed by atoms with E-state index < -0.39 is 21.7 Å². The summed E-state index contributed by atoms with van der Waals surface area (Å²) in [6.45, 7) is 8.03. The molecule has 0 radical (unpaired) electrons. The molecule has 0 atom stereocenters. The molecule has 18 heavy (non-hydrogen) atoms. The molecule has 0 bridgehead atoms. The van der Waals surface area contributed by atoms with E-state index in [0.29, 0.717) is 0 Å². The third-order valence-electron chi connectivity index (χ3n) is 2.08. The standard InChI is InChI=1S/C10H17N3O4S/c1-6-8(18(11,15)16)7(2)13(12-6)9(14)17-10(3,4)5/h1-5H3,(H2,11,15,16). The number of hydrogen-bond acceptors (Lipinski definition) is 5. The molecule has 1 aromatic rings. The van der Waals surface area contributed by atoms with Gasteiger partial charge in [0.05, 0.1) is 11.4 Å². The monoisotopic (exact) mass is 275 g/mol. The summed E-state index contributed by atoms with van der Waals surface area (Å²) in [4.78, 5) is 11.7. The molecule has 0 spiro atoms.